The average molecular weight is 271 g/mol. The number of nitrogens with one attached hydrogen (secondary N) is 2. The molecule has 1 heterocycles. The molecule has 0 atom stereocenters. The highest BCUT2D eigenvalue weighted by atomic mass is 16.2. The first-order valence-electron chi connectivity index (χ1n) is 5.92. The topological polar surface area (TPSA) is 105 Å². The Morgan fingerprint density at radius 2 is 1.90 bits per heavy atom. The quantitative estimate of drug-likeness (QED) is 0.749. The lowest BCUT2D eigenvalue weighted by Crippen LogP contribution is -2.25. The summed E-state index contributed by atoms with van der Waals surface area (Å²) in [5.74, 6) is -0.919. The molecular weight excluding hydrogens is 258 g/mol. The molecule has 0 spiro atoms. The molecule has 20 heavy (non-hydrogen) atoms. The summed E-state index contributed by atoms with van der Waals surface area (Å²) in [6.45, 7) is 0.233. The van der Waals surface area contributed by atoms with E-state index in [4.69, 9.17) is 5.73 Å². The number of carbonyl (C=O) groups excluding carboxylic acids is 2. The SMILES string of the molecule is NC(=O)c1cccc(CNC(=O)c2cccc(=O)[nH]2)c1. The fourth-order valence-corrected chi connectivity index (χ4v) is 1.69. The van der Waals surface area contributed by atoms with Gasteiger partial charge in [0, 0.05) is 18.2 Å². The maximum Gasteiger partial charge on any atom is 0.268 e. The lowest BCUT2D eigenvalue weighted by atomic mass is 10.1. The van der Waals surface area contributed by atoms with Crippen LogP contribution in [0.1, 0.15) is 26.4 Å². The van der Waals surface area contributed by atoms with Crippen LogP contribution in [0, 0.1) is 0 Å². The highest BCUT2D eigenvalue weighted by Gasteiger charge is 2.06. The molecule has 4 N–H and O–H groups in total. The molecule has 1 aromatic heterocycles. The minimum Gasteiger partial charge on any atom is -0.366 e. The van der Waals surface area contributed by atoms with Gasteiger partial charge in [0.15, 0.2) is 0 Å². The molecule has 0 aliphatic carbocycles. The standard InChI is InChI=1S/C14H13N3O3/c15-13(19)10-4-1-3-9(7-10)8-16-14(20)11-5-2-6-12(18)17-11/h1-7H,8H2,(H2,15,19)(H,16,20)(H,17,18). The number of pyridine rings is 1. The molecule has 2 rings (SSSR count). The van der Waals surface area contributed by atoms with Gasteiger partial charge in [-0.25, -0.2) is 0 Å². The van der Waals surface area contributed by atoms with Crippen LogP contribution in [0.5, 0.6) is 0 Å². The molecule has 6 nitrogen and oxygen atoms in total. The number of aromatic amines is 1. The Balaban J connectivity index is 2.05. The summed E-state index contributed by atoms with van der Waals surface area (Å²) >= 11 is 0. The maximum absolute atomic E-state index is 11.8. The number of rotatable bonds is 4. The first-order valence-corrected chi connectivity index (χ1v) is 5.92. The molecule has 102 valence electrons. The van der Waals surface area contributed by atoms with Gasteiger partial charge in [-0.05, 0) is 23.8 Å². The van der Waals surface area contributed by atoms with Crippen LogP contribution in [0.3, 0.4) is 0 Å². The van der Waals surface area contributed by atoms with E-state index in [0.29, 0.717) is 5.56 Å². The zero-order chi connectivity index (χ0) is 14.5. The van der Waals surface area contributed by atoms with Gasteiger partial charge in [0.1, 0.15) is 5.69 Å². The van der Waals surface area contributed by atoms with Crippen LogP contribution >= 0.6 is 0 Å². The van der Waals surface area contributed by atoms with Crippen molar-refractivity contribution in [2.45, 2.75) is 6.54 Å². The van der Waals surface area contributed by atoms with Gasteiger partial charge >= 0.3 is 0 Å². The zero-order valence-electron chi connectivity index (χ0n) is 10.6. The summed E-state index contributed by atoms with van der Waals surface area (Å²) in [5, 5.41) is 2.65. The van der Waals surface area contributed by atoms with E-state index in [1.54, 1.807) is 24.3 Å². The van der Waals surface area contributed by atoms with Crippen LogP contribution in [0.25, 0.3) is 0 Å². The zero-order valence-corrected chi connectivity index (χ0v) is 10.6. The summed E-state index contributed by atoms with van der Waals surface area (Å²) < 4.78 is 0. The summed E-state index contributed by atoms with van der Waals surface area (Å²) in [5.41, 5.74) is 6.15. The summed E-state index contributed by atoms with van der Waals surface area (Å²) in [6, 6.07) is 11.0. The number of carbonyl (C=O) groups is 2. The number of hydrogen-bond acceptors (Lipinski definition) is 3. The lowest BCUT2D eigenvalue weighted by molar-refractivity contribution is 0.0945. The molecule has 6 heteroatoms. The van der Waals surface area contributed by atoms with Crippen LogP contribution in [0.4, 0.5) is 0 Å². The number of amides is 2. The van der Waals surface area contributed by atoms with Crippen LogP contribution < -0.4 is 16.6 Å². The van der Waals surface area contributed by atoms with Crippen molar-refractivity contribution in [2.75, 3.05) is 0 Å². The molecule has 0 radical (unpaired) electrons. The van der Waals surface area contributed by atoms with Gasteiger partial charge < -0.3 is 16.0 Å². The van der Waals surface area contributed by atoms with Crippen molar-refractivity contribution in [2.24, 2.45) is 5.73 Å². The average Bonchev–Trinajstić information content (AvgIpc) is 2.45. The van der Waals surface area contributed by atoms with Gasteiger partial charge in [-0.15, -0.1) is 0 Å². The van der Waals surface area contributed by atoms with E-state index in [2.05, 4.69) is 10.3 Å². The minimum atomic E-state index is -0.523. The number of hydrogen-bond donors (Lipinski definition) is 3. The molecule has 0 aliphatic rings. The first-order chi connectivity index (χ1) is 9.56. The van der Waals surface area contributed by atoms with Crippen LogP contribution in [0.15, 0.2) is 47.3 Å². The Hall–Kier alpha value is -2.89. The normalized spacial score (nSPS) is 10.0. The maximum atomic E-state index is 11.8. The van der Waals surface area contributed by atoms with E-state index < -0.39 is 11.8 Å². The first kappa shape index (κ1) is 13.5. The fraction of sp³-hybridized carbons (Fsp3) is 0.0714. The van der Waals surface area contributed by atoms with Crippen molar-refractivity contribution in [3.05, 3.63) is 69.6 Å². The number of aromatic nitrogens is 1. The van der Waals surface area contributed by atoms with Gasteiger partial charge in [-0.2, -0.15) is 0 Å². The molecule has 0 fully saturated rings. The van der Waals surface area contributed by atoms with E-state index in [1.807, 2.05) is 0 Å². The summed E-state index contributed by atoms with van der Waals surface area (Å²) in [4.78, 5) is 36.4. The van der Waals surface area contributed by atoms with Gasteiger partial charge in [0.25, 0.3) is 5.91 Å². The third-order valence-electron chi connectivity index (χ3n) is 2.68. The third kappa shape index (κ3) is 3.32. The number of primary amides is 1. The summed E-state index contributed by atoms with van der Waals surface area (Å²) in [7, 11) is 0. The largest absolute Gasteiger partial charge is 0.366 e. The highest BCUT2D eigenvalue weighted by molar-refractivity contribution is 5.93. The second-order valence-corrected chi connectivity index (χ2v) is 4.18. The Morgan fingerprint density at radius 3 is 2.60 bits per heavy atom. The van der Waals surface area contributed by atoms with Crippen molar-refractivity contribution < 1.29 is 9.59 Å². The van der Waals surface area contributed by atoms with Crippen LogP contribution in [-0.2, 0) is 6.54 Å². The van der Waals surface area contributed by atoms with Gasteiger partial charge in [0.2, 0.25) is 11.5 Å². The van der Waals surface area contributed by atoms with Crippen LogP contribution in [-0.4, -0.2) is 16.8 Å². The van der Waals surface area contributed by atoms with Crippen molar-refractivity contribution in [3.8, 4) is 0 Å². The van der Waals surface area contributed by atoms with E-state index in [-0.39, 0.29) is 17.8 Å². The van der Waals surface area contributed by atoms with Crippen molar-refractivity contribution in [3.63, 3.8) is 0 Å². The predicted molar refractivity (Wildman–Crippen MR) is 73.2 cm³/mol. The van der Waals surface area contributed by atoms with Crippen molar-refractivity contribution in [1.29, 1.82) is 0 Å². The third-order valence-corrected chi connectivity index (χ3v) is 2.68. The molecular formula is C14H13N3O3. The Bertz CT molecular complexity index is 707. The molecule has 0 unspecified atom stereocenters. The highest BCUT2D eigenvalue weighted by Crippen LogP contribution is 2.04. The Morgan fingerprint density at radius 1 is 1.15 bits per heavy atom. The molecule has 0 saturated heterocycles. The molecule has 2 aromatic rings. The van der Waals surface area contributed by atoms with E-state index in [1.165, 1.54) is 18.2 Å². The summed E-state index contributed by atoms with van der Waals surface area (Å²) in [6.07, 6.45) is 0. The van der Waals surface area contributed by atoms with E-state index >= 15 is 0 Å². The van der Waals surface area contributed by atoms with Crippen molar-refractivity contribution in [1.82, 2.24) is 10.3 Å². The second-order valence-electron chi connectivity index (χ2n) is 4.18. The monoisotopic (exact) mass is 271 g/mol. The van der Waals surface area contributed by atoms with Gasteiger partial charge in [-0.3, -0.25) is 14.4 Å². The smallest absolute Gasteiger partial charge is 0.268 e. The van der Waals surface area contributed by atoms with Gasteiger partial charge in [0.05, 0.1) is 0 Å². The Labute approximate surface area is 114 Å². The van der Waals surface area contributed by atoms with Crippen molar-refractivity contribution >= 4 is 11.8 Å². The molecule has 0 aliphatic heterocycles. The number of nitrogens with two attached hydrogens (primary N) is 1. The number of H-pyrrole nitrogens is 1. The number of benzene rings is 1. The molecule has 0 saturated carbocycles. The van der Waals surface area contributed by atoms with Gasteiger partial charge in [-0.1, -0.05) is 18.2 Å². The Kier molecular flexibility index (Phi) is 3.95. The predicted octanol–water partition coefficient (Wildman–Crippen LogP) is 0.404. The fourth-order valence-electron chi connectivity index (χ4n) is 1.69. The van der Waals surface area contributed by atoms with Crippen LogP contribution in [0.2, 0.25) is 0 Å². The lowest BCUT2D eigenvalue weighted by Gasteiger charge is -2.06. The minimum absolute atomic E-state index is 0.184. The van der Waals surface area contributed by atoms with E-state index in [9.17, 15) is 14.4 Å². The molecule has 0 bridgehead atoms. The molecule has 2 amide bonds. The second kappa shape index (κ2) is 5.83. The molecule has 1 aromatic carbocycles. The van der Waals surface area contributed by atoms with E-state index in [0.717, 1.165) is 5.56 Å².